The Hall–Kier alpha value is -3.92. The highest BCUT2D eigenvalue weighted by Crippen LogP contribution is 2.22. The van der Waals surface area contributed by atoms with Crippen molar-refractivity contribution < 1.29 is 28.7 Å². The maximum absolute atomic E-state index is 13.9. The fraction of sp³-hybridized carbons (Fsp3) is 0.529. The number of hydrogen-bond donors (Lipinski definition) is 2. The standard InChI is InChI=1S/C34H46N4O6/c1-22(2)17-29-33(41)37(5)26(18-25-11-7-6-8-12-25)21-43-30-14-10-9-13-27(30)32(40)36-28(15-16-31(39)35-29)34(42)38-19-23(3)44-24(4)20-38/h6-14,22-24,26,28-29H,15-21H2,1-5H3,(H,35,39)(H,36,40)/t23-,24+,26-,28+,29+/m1/s1. The molecule has 0 aromatic heterocycles. The minimum atomic E-state index is -0.948. The van der Waals surface area contributed by atoms with Crippen LogP contribution in [0.4, 0.5) is 0 Å². The van der Waals surface area contributed by atoms with Crippen molar-refractivity contribution in [3.8, 4) is 5.75 Å². The summed E-state index contributed by atoms with van der Waals surface area (Å²) in [7, 11) is 1.73. The van der Waals surface area contributed by atoms with Crippen LogP contribution in [0.1, 0.15) is 62.9 Å². The number of carbonyl (C=O) groups is 4. The summed E-state index contributed by atoms with van der Waals surface area (Å²) >= 11 is 0. The molecule has 2 aromatic rings. The number of ether oxygens (including phenoxy) is 2. The smallest absolute Gasteiger partial charge is 0.255 e. The number of likely N-dealkylation sites (N-methyl/N-ethyl adjacent to an activating group) is 1. The van der Waals surface area contributed by atoms with Crippen LogP contribution in [0.2, 0.25) is 0 Å². The average Bonchev–Trinajstić information content (AvgIpc) is 2.99. The van der Waals surface area contributed by atoms with Gasteiger partial charge in [-0.15, -0.1) is 0 Å². The highest BCUT2D eigenvalue weighted by atomic mass is 16.5. The van der Waals surface area contributed by atoms with E-state index in [9.17, 15) is 19.2 Å². The van der Waals surface area contributed by atoms with Crippen molar-refractivity contribution in [1.29, 1.82) is 0 Å². The first-order valence-electron chi connectivity index (χ1n) is 15.6. The number of nitrogens with zero attached hydrogens (tertiary/aromatic N) is 2. The van der Waals surface area contributed by atoms with Crippen LogP contribution in [0.15, 0.2) is 54.6 Å². The van der Waals surface area contributed by atoms with Gasteiger partial charge in [-0.2, -0.15) is 0 Å². The molecule has 0 radical (unpaired) electrons. The Morgan fingerprint density at radius 2 is 1.61 bits per heavy atom. The molecule has 0 bridgehead atoms. The summed E-state index contributed by atoms with van der Waals surface area (Å²) in [5.41, 5.74) is 1.31. The van der Waals surface area contributed by atoms with E-state index in [4.69, 9.17) is 9.47 Å². The SMILES string of the molecule is CC(C)C[C@@H]1NC(=O)CC[C@@H](C(=O)N2C[C@@H](C)O[C@@H](C)C2)NC(=O)c2ccccc2OC[C@@H](Cc2ccccc2)N(C)C1=O. The molecule has 4 amide bonds. The van der Waals surface area contributed by atoms with Crippen LogP contribution < -0.4 is 15.4 Å². The third-order valence-corrected chi connectivity index (χ3v) is 8.11. The second kappa shape index (κ2) is 15.2. The van der Waals surface area contributed by atoms with Gasteiger partial charge in [-0.3, -0.25) is 19.2 Å². The van der Waals surface area contributed by atoms with E-state index in [1.165, 1.54) is 0 Å². The maximum atomic E-state index is 13.9. The zero-order valence-electron chi connectivity index (χ0n) is 26.5. The second-order valence-electron chi connectivity index (χ2n) is 12.4. The fourth-order valence-corrected chi connectivity index (χ4v) is 5.89. The summed E-state index contributed by atoms with van der Waals surface area (Å²) in [6.07, 6.45) is 0.715. The lowest BCUT2D eigenvalue weighted by Crippen LogP contribution is -2.55. The molecule has 2 heterocycles. The van der Waals surface area contributed by atoms with Gasteiger partial charge in [0, 0.05) is 26.6 Å². The van der Waals surface area contributed by atoms with E-state index >= 15 is 0 Å². The molecule has 2 aromatic carbocycles. The molecule has 0 aliphatic carbocycles. The summed E-state index contributed by atoms with van der Waals surface area (Å²) in [6, 6.07) is 14.6. The van der Waals surface area contributed by atoms with E-state index in [0.29, 0.717) is 31.7 Å². The molecule has 2 N–H and O–H groups in total. The third kappa shape index (κ3) is 8.81. The number of fused-ring (bicyclic) bond motifs is 1. The van der Waals surface area contributed by atoms with Crippen molar-refractivity contribution in [3.63, 3.8) is 0 Å². The van der Waals surface area contributed by atoms with Crippen LogP contribution in [-0.2, 0) is 25.5 Å². The topological polar surface area (TPSA) is 117 Å². The number of amides is 4. The number of carbonyl (C=O) groups excluding carboxylic acids is 4. The first-order valence-corrected chi connectivity index (χ1v) is 15.6. The minimum Gasteiger partial charge on any atom is -0.491 e. The van der Waals surface area contributed by atoms with Crippen molar-refractivity contribution >= 4 is 23.6 Å². The number of rotatable bonds is 5. The largest absolute Gasteiger partial charge is 0.491 e. The molecule has 10 nitrogen and oxygen atoms in total. The van der Waals surface area contributed by atoms with Gasteiger partial charge in [-0.25, -0.2) is 0 Å². The Bertz CT molecular complexity index is 1290. The van der Waals surface area contributed by atoms with E-state index in [1.807, 2.05) is 58.0 Å². The number of benzene rings is 2. The molecular formula is C34H46N4O6. The van der Waals surface area contributed by atoms with Crippen molar-refractivity contribution in [1.82, 2.24) is 20.4 Å². The van der Waals surface area contributed by atoms with Gasteiger partial charge >= 0.3 is 0 Å². The third-order valence-electron chi connectivity index (χ3n) is 8.11. The molecule has 238 valence electrons. The van der Waals surface area contributed by atoms with Crippen molar-refractivity contribution in [2.45, 2.75) is 83.7 Å². The Labute approximate surface area is 260 Å². The zero-order valence-corrected chi connectivity index (χ0v) is 26.5. The molecule has 0 spiro atoms. The van der Waals surface area contributed by atoms with Crippen LogP contribution >= 0.6 is 0 Å². The van der Waals surface area contributed by atoms with E-state index in [-0.39, 0.29) is 66.9 Å². The Kier molecular flexibility index (Phi) is 11.4. The maximum Gasteiger partial charge on any atom is 0.255 e. The first kappa shape index (κ1) is 33.0. The summed E-state index contributed by atoms with van der Waals surface area (Å²) in [4.78, 5) is 58.0. The Balaban J connectivity index is 1.67. The van der Waals surface area contributed by atoms with Crippen LogP contribution in [0, 0.1) is 5.92 Å². The zero-order chi connectivity index (χ0) is 31.8. The van der Waals surface area contributed by atoms with Crippen LogP contribution in [0.25, 0.3) is 0 Å². The number of nitrogens with one attached hydrogen (secondary N) is 2. The van der Waals surface area contributed by atoms with Crippen LogP contribution in [0.5, 0.6) is 5.75 Å². The normalized spacial score (nSPS) is 25.7. The summed E-state index contributed by atoms with van der Waals surface area (Å²) < 4.78 is 12.1. The molecule has 4 rings (SSSR count). The van der Waals surface area contributed by atoms with Gasteiger partial charge in [0.1, 0.15) is 24.4 Å². The van der Waals surface area contributed by atoms with E-state index in [0.717, 1.165) is 5.56 Å². The second-order valence-corrected chi connectivity index (χ2v) is 12.4. The molecule has 0 saturated carbocycles. The van der Waals surface area contributed by atoms with Crippen molar-refractivity contribution in [2.24, 2.45) is 5.92 Å². The lowest BCUT2D eigenvalue weighted by Gasteiger charge is -2.37. The lowest BCUT2D eigenvalue weighted by atomic mass is 10.00. The molecular weight excluding hydrogens is 560 g/mol. The van der Waals surface area contributed by atoms with Gasteiger partial charge in [0.15, 0.2) is 0 Å². The quantitative estimate of drug-likeness (QED) is 0.540. The summed E-state index contributed by atoms with van der Waals surface area (Å²) in [5.74, 6) is -0.795. The summed E-state index contributed by atoms with van der Waals surface area (Å²) in [5, 5.41) is 5.83. The lowest BCUT2D eigenvalue weighted by molar-refractivity contribution is -0.145. The van der Waals surface area contributed by atoms with Gasteiger partial charge < -0.3 is 29.9 Å². The van der Waals surface area contributed by atoms with Gasteiger partial charge in [-0.1, -0.05) is 56.3 Å². The van der Waals surface area contributed by atoms with Gasteiger partial charge in [0.05, 0.1) is 23.8 Å². The van der Waals surface area contributed by atoms with Crippen molar-refractivity contribution in [2.75, 3.05) is 26.7 Å². The Morgan fingerprint density at radius 3 is 2.30 bits per heavy atom. The Morgan fingerprint density at radius 1 is 0.955 bits per heavy atom. The van der Waals surface area contributed by atoms with Gasteiger partial charge in [0.25, 0.3) is 5.91 Å². The number of morpholine rings is 1. The molecule has 1 fully saturated rings. The number of hydrogen-bond acceptors (Lipinski definition) is 6. The molecule has 44 heavy (non-hydrogen) atoms. The van der Waals surface area contributed by atoms with Crippen LogP contribution in [0.3, 0.4) is 0 Å². The molecule has 5 atom stereocenters. The van der Waals surface area contributed by atoms with Crippen molar-refractivity contribution in [3.05, 3.63) is 65.7 Å². The number of para-hydroxylation sites is 1. The molecule has 2 aliphatic rings. The molecule has 10 heteroatoms. The fourth-order valence-electron chi connectivity index (χ4n) is 5.89. The van der Waals surface area contributed by atoms with Crippen LogP contribution in [-0.4, -0.2) is 90.5 Å². The average molecular weight is 607 g/mol. The highest BCUT2D eigenvalue weighted by molar-refractivity contribution is 6.00. The highest BCUT2D eigenvalue weighted by Gasteiger charge is 2.34. The van der Waals surface area contributed by atoms with E-state index in [1.54, 1.807) is 41.1 Å². The monoisotopic (exact) mass is 606 g/mol. The van der Waals surface area contributed by atoms with E-state index < -0.39 is 18.0 Å². The predicted molar refractivity (Wildman–Crippen MR) is 167 cm³/mol. The van der Waals surface area contributed by atoms with Gasteiger partial charge in [-0.05, 0) is 56.7 Å². The van der Waals surface area contributed by atoms with E-state index in [2.05, 4.69) is 10.6 Å². The minimum absolute atomic E-state index is 0.0384. The molecule has 0 unspecified atom stereocenters. The molecule has 2 aliphatic heterocycles. The van der Waals surface area contributed by atoms with Gasteiger partial charge in [0.2, 0.25) is 17.7 Å². The summed E-state index contributed by atoms with van der Waals surface area (Å²) in [6.45, 7) is 8.72. The predicted octanol–water partition coefficient (Wildman–Crippen LogP) is 3.19. The molecule has 1 saturated heterocycles. The first-order chi connectivity index (χ1) is 21.0.